The number of hydrogen-bond acceptors (Lipinski definition) is 7. The smallest absolute Gasteiger partial charge is 0.244 e. The van der Waals surface area contributed by atoms with Crippen LogP contribution in [-0.4, -0.2) is 60.3 Å². The van der Waals surface area contributed by atoms with Gasteiger partial charge in [-0.3, -0.25) is 4.90 Å². The van der Waals surface area contributed by atoms with Crippen LogP contribution in [0.15, 0.2) is 76.2 Å². The predicted molar refractivity (Wildman–Crippen MR) is 126 cm³/mol. The van der Waals surface area contributed by atoms with Crippen molar-refractivity contribution >= 4 is 15.7 Å². The third kappa shape index (κ3) is 5.32. The van der Waals surface area contributed by atoms with E-state index in [2.05, 4.69) is 26.7 Å². The van der Waals surface area contributed by atoms with Gasteiger partial charge in [-0.05, 0) is 48.5 Å². The third-order valence-corrected chi connectivity index (χ3v) is 7.35. The molecule has 1 N–H and O–H groups in total. The maximum absolute atomic E-state index is 13.0. The molecular weight excluding hydrogens is 442 g/mol. The highest BCUT2D eigenvalue weighted by Crippen LogP contribution is 2.27. The summed E-state index contributed by atoms with van der Waals surface area (Å²) < 4.78 is 44.9. The summed E-state index contributed by atoms with van der Waals surface area (Å²) in [4.78, 5) is 4.69. The van der Waals surface area contributed by atoms with E-state index < -0.39 is 10.0 Å². The van der Waals surface area contributed by atoms with Crippen LogP contribution in [-0.2, 0) is 10.0 Å². The molecular formula is C24H29N3O5S. The Morgan fingerprint density at radius 2 is 1.67 bits per heavy atom. The van der Waals surface area contributed by atoms with Gasteiger partial charge in [0.2, 0.25) is 10.0 Å². The summed E-state index contributed by atoms with van der Waals surface area (Å²) in [6, 6.07) is 18.1. The monoisotopic (exact) mass is 471 g/mol. The Labute approximate surface area is 194 Å². The van der Waals surface area contributed by atoms with Gasteiger partial charge in [0.25, 0.3) is 0 Å². The molecule has 2 heterocycles. The molecule has 0 aliphatic carbocycles. The Hall–Kier alpha value is -3.01. The Morgan fingerprint density at radius 3 is 2.30 bits per heavy atom. The molecule has 176 valence electrons. The van der Waals surface area contributed by atoms with Gasteiger partial charge in [-0.1, -0.05) is 12.1 Å². The summed E-state index contributed by atoms with van der Waals surface area (Å²) in [7, 11) is -0.636. The van der Waals surface area contributed by atoms with E-state index in [1.165, 1.54) is 13.2 Å². The molecule has 0 amide bonds. The van der Waals surface area contributed by atoms with Gasteiger partial charge in [0.05, 0.1) is 26.5 Å². The maximum Gasteiger partial charge on any atom is 0.244 e. The van der Waals surface area contributed by atoms with Crippen molar-refractivity contribution in [2.24, 2.45) is 0 Å². The van der Waals surface area contributed by atoms with Gasteiger partial charge in [-0.25, -0.2) is 13.1 Å². The molecule has 0 bridgehead atoms. The average molecular weight is 472 g/mol. The van der Waals surface area contributed by atoms with Crippen LogP contribution in [0.1, 0.15) is 11.8 Å². The summed E-state index contributed by atoms with van der Waals surface area (Å²) in [5.41, 5.74) is 1.14. The highest BCUT2D eigenvalue weighted by atomic mass is 32.2. The lowest BCUT2D eigenvalue weighted by atomic mass is 10.1. The Kier molecular flexibility index (Phi) is 7.22. The minimum atomic E-state index is -3.75. The Bertz CT molecular complexity index is 1130. The molecule has 33 heavy (non-hydrogen) atoms. The number of benzene rings is 2. The average Bonchev–Trinajstić information content (AvgIpc) is 3.39. The van der Waals surface area contributed by atoms with Crippen molar-refractivity contribution in [3.8, 4) is 11.5 Å². The minimum absolute atomic E-state index is 0.120. The number of nitrogens with zero attached hydrogens (tertiary/aromatic N) is 2. The third-order valence-electron chi connectivity index (χ3n) is 5.89. The van der Waals surface area contributed by atoms with Crippen LogP contribution < -0.4 is 19.1 Å². The van der Waals surface area contributed by atoms with Crippen molar-refractivity contribution < 1.29 is 22.3 Å². The fourth-order valence-electron chi connectivity index (χ4n) is 4.08. The maximum atomic E-state index is 13.0. The molecule has 0 radical (unpaired) electrons. The first-order valence-electron chi connectivity index (χ1n) is 10.8. The van der Waals surface area contributed by atoms with E-state index in [1.807, 2.05) is 24.3 Å². The number of nitrogens with one attached hydrogen (secondary N) is 1. The number of sulfonamides is 1. The van der Waals surface area contributed by atoms with E-state index >= 15 is 0 Å². The molecule has 1 fully saturated rings. The molecule has 1 aliphatic heterocycles. The van der Waals surface area contributed by atoms with Crippen molar-refractivity contribution in [3.05, 3.63) is 72.7 Å². The summed E-state index contributed by atoms with van der Waals surface area (Å²) in [6.45, 7) is 3.38. The topological polar surface area (TPSA) is 84.2 Å². The van der Waals surface area contributed by atoms with Crippen LogP contribution in [0.5, 0.6) is 11.5 Å². The number of ether oxygens (including phenoxy) is 2. The lowest BCUT2D eigenvalue weighted by molar-refractivity contribution is 0.166. The molecule has 2 aromatic carbocycles. The highest BCUT2D eigenvalue weighted by Gasteiger charge is 2.29. The van der Waals surface area contributed by atoms with E-state index in [4.69, 9.17) is 13.9 Å². The molecule has 1 aliphatic rings. The molecule has 1 aromatic heterocycles. The molecule has 0 saturated carbocycles. The van der Waals surface area contributed by atoms with Crippen molar-refractivity contribution in [2.75, 3.05) is 51.8 Å². The van der Waals surface area contributed by atoms with E-state index in [1.54, 1.807) is 31.6 Å². The van der Waals surface area contributed by atoms with E-state index in [0.29, 0.717) is 5.75 Å². The van der Waals surface area contributed by atoms with Crippen LogP contribution in [0.3, 0.4) is 0 Å². The quantitative estimate of drug-likeness (QED) is 0.513. The SMILES string of the molecule is COc1ccc(N2CCN(C(CNS(=O)(=O)c3ccccc3OC)c3ccco3)CC2)cc1. The van der Waals surface area contributed by atoms with Crippen LogP contribution >= 0.6 is 0 Å². The largest absolute Gasteiger partial charge is 0.497 e. The molecule has 3 aromatic rings. The van der Waals surface area contributed by atoms with Gasteiger partial charge in [0.15, 0.2) is 0 Å². The fourth-order valence-corrected chi connectivity index (χ4v) is 5.29. The first kappa shape index (κ1) is 23.2. The molecule has 1 saturated heterocycles. The zero-order valence-electron chi connectivity index (χ0n) is 18.8. The summed E-state index contributed by atoms with van der Waals surface area (Å²) in [6.07, 6.45) is 1.62. The fraction of sp³-hybridized carbons (Fsp3) is 0.333. The first-order valence-corrected chi connectivity index (χ1v) is 12.3. The molecule has 0 spiro atoms. The zero-order chi connectivity index (χ0) is 23.3. The standard InChI is InChI=1S/C24H29N3O5S/c1-30-20-11-9-19(10-12-20)26-13-15-27(16-14-26)21(22-7-5-17-32-22)18-25-33(28,29)24-8-4-3-6-23(24)31-2/h3-12,17,21,25H,13-16,18H2,1-2H3. The van der Waals surface area contributed by atoms with Crippen molar-refractivity contribution in [1.29, 1.82) is 0 Å². The molecule has 9 heteroatoms. The summed E-state index contributed by atoms with van der Waals surface area (Å²) in [5.74, 6) is 1.88. The number of anilines is 1. The summed E-state index contributed by atoms with van der Waals surface area (Å²) >= 11 is 0. The van der Waals surface area contributed by atoms with Crippen molar-refractivity contribution in [2.45, 2.75) is 10.9 Å². The van der Waals surface area contributed by atoms with Crippen LogP contribution in [0.4, 0.5) is 5.69 Å². The number of para-hydroxylation sites is 1. The summed E-state index contributed by atoms with van der Waals surface area (Å²) in [5, 5.41) is 0. The van der Waals surface area contributed by atoms with Gasteiger partial charge in [0.1, 0.15) is 22.2 Å². The number of methoxy groups -OCH3 is 2. The first-order chi connectivity index (χ1) is 16.0. The molecule has 8 nitrogen and oxygen atoms in total. The molecule has 1 unspecified atom stereocenters. The van der Waals surface area contributed by atoms with Gasteiger partial charge in [0, 0.05) is 38.4 Å². The lowest BCUT2D eigenvalue weighted by Gasteiger charge is -2.39. The highest BCUT2D eigenvalue weighted by molar-refractivity contribution is 7.89. The number of piperazine rings is 1. The molecule has 4 rings (SSSR count). The van der Waals surface area contributed by atoms with Crippen molar-refractivity contribution in [3.63, 3.8) is 0 Å². The van der Waals surface area contributed by atoms with Gasteiger partial charge in [-0.2, -0.15) is 0 Å². The lowest BCUT2D eigenvalue weighted by Crippen LogP contribution is -2.49. The second kappa shape index (κ2) is 10.3. The van der Waals surface area contributed by atoms with E-state index in [-0.39, 0.29) is 17.5 Å². The minimum Gasteiger partial charge on any atom is -0.497 e. The second-order valence-corrected chi connectivity index (χ2v) is 9.49. The van der Waals surface area contributed by atoms with Crippen molar-refractivity contribution in [1.82, 2.24) is 9.62 Å². The van der Waals surface area contributed by atoms with E-state index in [9.17, 15) is 8.42 Å². The zero-order valence-corrected chi connectivity index (χ0v) is 19.6. The number of rotatable bonds is 9. The van der Waals surface area contributed by atoms with Gasteiger partial charge in [-0.15, -0.1) is 0 Å². The normalized spacial score (nSPS) is 15.9. The van der Waals surface area contributed by atoms with Crippen LogP contribution in [0.25, 0.3) is 0 Å². The Balaban J connectivity index is 1.45. The van der Waals surface area contributed by atoms with E-state index in [0.717, 1.165) is 43.4 Å². The second-order valence-electron chi connectivity index (χ2n) is 7.76. The van der Waals surface area contributed by atoms with Crippen LogP contribution in [0, 0.1) is 0 Å². The van der Waals surface area contributed by atoms with Gasteiger partial charge < -0.3 is 18.8 Å². The predicted octanol–water partition coefficient (Wildman–Crippen LogP) is 3.14. The molecule has 1 atom stereocenters. The van der Waals surface area contributed by atoms with Crippen LogP contribution in [0.2, 0.25) is 0 Å². The number of hydrogen-bond donors (Lipinski definition) is 1. The number of furan rings is 1. The Morgan fingerprint density at radius 1 is 0.939 bits per heavy atom. The van der Waals surface area contributed by atoms with Gasteiger partial charge >= 0.3 is 0 Å².